The van der Waals surface area contributed by atoms with Crippen molar-refractivity contribution in [3.63, 3.8) is 0 Å². The first kappa shape index (κ1) is 12.6. The van der Waals surface area contributed by atoms with E-state index in [2.05, 4.69) is 26.2 Å². The zero-order chi connectivity index (χ0) is 12.6. The van der Waals surface area contributed by atoms with Gasteiger partial charge in [0.05, 0.1) is 12.7 Å². The Bertz CT molecular complexity index is 367. The van der Waals surface area contributed by atoms with Gasteiger partial charge >= 0.3 is 0 Å². The predicted molar refractivity (Wildman–Crippen MR) is 69.5 cm³/mol. The maximum atomic E-state index is 10.2. The van der Waals surface area contributed by atoms with E-state index in [1.807, 2.05) is 0 Å². The van der Waals surface area contributed by atoms with Crippen LogP contribution in [0.5, 0.6) is 0 Å². The average molecular weight is 234 g/mol. The van der Waals surface area contributed by atoms with E-state index < -0.39 is 6.10 Å². The van der Waals surface area contributed by atoms with Crippen molar-refractivity contribution in [2.24, 2.45) is 17.8 Å². The van der Waals surface area contributed by atoms with Crippen LogP contribution in [0.1, 0.15) is 26.2 Å². The van der Waals surface area contributed by atoms with Crippen molar-refractivity contribution in [3.8, 4) is 0 Å². The summed E-state index contributed by atoms with van der Waals surface area (Å²) in [6, 6.07) is 0. The lowest BCUT2D eigenvalue weighted by Crippen LogP contribution is -2.17. The van der Waals surface area contributed by atoms with Crippen LogP contribution in [0.2, 0.25) is 0 Å². The molecular formula is C15H22O2. The van der Waals surface area contributed by atoms with Crippen LogP contribution in [0.15, 0.2) is 36.0 Å². The molecule has 0 spiro atoms. The first-order chi connectivity index (χ1) is 8.04. The summed E-state index contributed by atoms with van der Waals surface area (Å²) in [5.41, 5.74) is 3.22. The van der Waals surface area contributed by atoms with Gasteiger partial charge in [0.2, 0.25) is 0 Å². The summed E-state index contributed by atoms with van der Waals surface area (Å²) in [5, 5.41) is 19.4. The molecule has 1 fully saturated rings. The molecule has 0 aromatic rings. The van der Waals surface area contributed by atoms with Crippen molar-refractivity contribution in [2.45, 2.75) is 32.3 Å². The molecule has 0 aromatic carbocycles. The molecule has 2 nitrogen and oxygen atoms in total. The van der Waals surface area contributed by atoms with Gasteiger partial charge in [-0.2, -0.15) is 0 Å². The molecule has 0 radical (unpaired) electrons. The monoisotopic (exact) mass is 234 g/mol. The van der Waals surface area contributed by atoms with Crippen LogP contribution >= 0.6 is 0 Å². The average Bonchev–Trinajstić information content (AvgIpc) is 2.61. The number of allylic oxidation sites excluding steroid dienone is 2. The van der Waals surface area contributed by atoms with Crippen molar-refractivity contribution in [2.75, 3.05) is 6.61 Å². The third-order valence-electron chi connectivity index (χ3n) is 4.50. The van der Waals surface area contributed by atoms with E-state index >= 15 is 0 Å². The Hall–Kier alpha value is -0.860. The maximum Gasteiger partial charge on any atom is 0.0756 e. The Balaban J connectivity index is 2.23. The third kappa shape index (κ3) is 2.24. The number of fused-ring (bicyclic) bond motifs is 1. The SMILES string of the molecule is C=C(CO)[C@H]1C[C@@H](O)C(=C)[C@H]2CC=C(C)[C@@H]2C1. The number of aliphatic hydroxyl groups excluding tert-OH is 2. The molecule has 0 unspecified atom stereocenters. The molecule has 0 aliphatic heterocycles. The standard InChI is InChI=1S/C15H22O2/c1-9-4-5-13-11(3)15(17)7-12(6-14(9)13)10(2)8-16/h4,12-17H,2-3,5-8H2,1H3/t12-,13-,14+,15-/m1/s1. The zero-order valence-corrected chi connectivity index (χ0v) is 10.5. The lowest BCUT2D eigenvalue weighted by atomic mass is 9.82. The second-order valence-electron chi connectivity index (χ2n) is 5.47. The predicted octanol–water partition coefficient (Wildman–Crippen LogP) is 2.44. The van der Waals surface area contributed by atoms with Crippen molar-refractivity contribution in [3.05, 3.63) is 36.0 Å². The van der Waals surface area contributed by atoms with Crippen LogP contribution in [0.25, 0.3) is 0 Å². The fourth-order valence-electron chi connectivity index (χ4n) is 3.24. The highest BCUT2D eigenvalue weighted by molar-refractivity contribution is 5.26. The van der Waals surface area contributed by atoms with E-state index in [9.17, 15) is 10.2 Å². The first-order valence-corrected chi connectivity index (χ1v) is 6.36. The molecule has 2 N–H and O–H groups in total. The quantitative estimate of drug-likeness (QED) is 0.720. The van der Waals surface area contributed by atoms with Crippen LogP contribution in [0.4, 0.5) is 0 Å². The van der Waals surface area contributed by atoms with Gasteiger partial charge < -0.3 is 10.2 Å². The van der Waals surface area contributed by atoms with Gasteiger partial charge in [-0.05, 0) is 55.1 Å². The van der Waals surface area contributed by atoms with Gasteiger partial charge in [-0.15, -0.1) is 0 Å². The van der Waals surface area contributed by atoms with E-state index in [4.69, 9.17) is 0 Å². The Morgan fingerprint density at radius 3 is 2.76 bits per heavy atom. The summed E-state index contributed by atoms with van der Waals surface area (Å²) in [4.78, 5) is 0. The molecule has 0 saturated heterocycles. The van der Waals surface area contributed by atoms with Crippen molar-refractivity contribution >= 4 is 0 Å². The van der Waals surface area contributed by atoms with Gasteiger partial charge in [0, 0.05) is 0 Å². The smallest absolute Gasteiger partial charge is 0.0756 e. The highest BCUT2D eigenvalue weighted by Crippen LogP contribution is 2.46. The molecular weight excluding hydrogens is 212 g/mol. The van der Waals surface area contributed by atoms with Gasteiger partial charge in [0.1, 0.15) is 0 Å². The second kappa shape index (κ2) is 4.79. The molecule has 94 valence electrons. The molecule has 0 aromatic heterocycles. The molecule has 2 rings (SSSR count). The molecule has 1 saturated carbocycles. The summed E-state index contributed by atoms with van der Waals surface area (Å²) in [7, 11) is 0. The van der Waals surface area contributed by atoms with E-state index in [0.29, 0.717) is 18.3 Å². The van der Waals surface area contributed by atoms with Gasteiger partial charge in [0.25, 0.3) is 0 Å². The van der Waals surface area contributed by atoms with Crippen LogP contribution in [0, 0.1) is 17.8 Å². The molecule has 0 heterocycles. The minimum absolute atomic E-state index is 0.0179. The molecule has 2 aliphatic rings. The summed E-state index contributed by atoms with van der Waals surface area (Å²) in [6.45, 7) is 10.2. The molecule has 17 heavy (non-hydrogen) atoms. The lowest BCUT2D eigenvalue weighted by Gasteiger charge is -2.23. The molecule has 2 aliphatic carbocycles. The number of rotatable bonds is 2. The number of aliphatic hydroxyl groups is 2. The summed E-state index contributed by atoms with van der Waals surface area (Å²) in [5.74, 6) is 1.08. The topological polar surface area (TPSA) is 40.5 Å². The maximum absolute atomic E-state index is 10.2. The Labute approximate surface area is 103 Å². The summed E-state index contributed by atoms with van der Waals surface area (Å²) >= 11 is 0. The summed E-state index contributed by atoms with van der Waals surface area (Å²) in [6.07, 6.45) is 4.47. The minimum Gasteiger partial charge on any atom is -0.392 e. The minimum atomic E-state index is -0.447. The number of hydrogen-bond donors (Lipinski definition) is 2. The van der Waals surface area contributed by atoms with E-state index in [1.165, 1.54) is 5.57 Å². The first-order valence-electron chi connectivity index (χ1n) is 6.36. The molecule has 0 bridgehead atoms. The largest absolute Gasteiger partial charge is 0.392 e. The van der Waals surface area contributed by atoms with Crippen molar-refractivity contribution in [1.29, 1.82) is 0 Å². The number of hydrogen-bond acceptors (Lipinski definition) is 2. The molecule has 2 heteroatoms. The van der Waals surface area contributed by atoms with E-state index in [-0.39, 0.29) is 12.5 Å². The molecule has 4 atom stereocenters. The highest BCUT2D eigenvalue weighted by atomic mass is 16.3. The highest BCUT2D eigenvalue weighted by Gasteiger charge is 2.38. The van der Waals surface area contributed by atoms with Crippen molar-refractivity contribution in [1.82, 2.24) is 0 Å². The third-order valence-corrected chi connectivity index (χ3v) is 4.50. The van der Waals surface area contributed by atoms with Crippen LogP contribution in [-0.4, -0.2) is 22.9 Å². The summed E-state index contributed by atoms with van der Waals surface area (Å²) < 4.78 is 0. The van der Waals surface area contributed by atoms with Gasteiger partial charge in [-0.25, -0.2) is 0 Å². The fraction of sp³-hybridized carbons (Fsp3) is 0.600. The molecule has 0 amide bonds. The normalized spacial score (nSPS) is 37.4. The zero-order valence-electron chi connectivity index (χ0n) is 10.5. The van der Waals surface area contributed by atoms with Crippen LogP contribution < -0.4 is 0 Å². The Morgan fingerprint density at radius 2 is 2.12 bits per heavy atom. The van der Waals surface area contributed by atoms with E-state index in [1.54, 1.807) is 0 Å². The van der Waals surface area contributed by atoms with Gasteiger partial charge in [-0.1, -0.05) is 24.8 Å². The van der Waals surface area contributed by atoms with Crippen LogP contribution in [-0.2, 0) is 0 Å². The van der Waals surface area contributed by atoms with E-state index in [0.717, 1.165) is 24.0 Å². The van der Waals surface area contributed by atoms with Crippen molar-refractivity contribution < 1.29 is 10.2 Å². The van der Waals surface area contributed by atoms with Gasteiger partial charge in [0.15, 0.2) is 0 Å². The Morgan fingerprint density at radius 1 is 1.41 bits per heavy atom. The van der Waals surface area contributed by atoms with Gasteiger partial charge in [-0.3, -0.25) is 0 Å². The second-order valence-corrected chi connectivity index (χ2v) is 5.47. The lowest BCUT2D eigenvalue weighted by molar-refractivity contribution is 0.178. The van der Waals surface area contributed by atoms with Crippen LogP contribution in [0.3, 0.4) is 0 Å². The fourth-order valence-corrected chi connectivity index (χ4v) is 3.24. The Kier molecular flexibility index (Phi) is 3.55.